The Labute approximate surface area is 126 Å². The van der Waals surface area contributed by atoms with Crippen molar-refractivity contribution in [2.75, 3.05) is 5.32 Å². The minimum absolute atomic E-state index is 0.0251. The fourth-order valence-corrected chi connectivity index (χ4v) is 2.06. The molecule has 6 heteroatoms. The summed E-state index contributed by atoms with van der Waals surface area (Å²) in [6.07, 6.45) is 2.21. The van der Waals surface area contributed by atoms with E-state index in [0.29, 0.717) is 11.7 Å². The van der Waals surface area contributed by atoms with Crippen molar-refractivity contribution >= 4 is 11.8 Å². The van der Waals surface area contributed by atoms with Gasteiger partial charge in [-0.1, -0.05) is 20.8 Å². The van der Waals surface area contributed by atoms with E-state index in [1.165, 1.54) is 6.33 Å². The number of ether oxygens (including phenoxy) is 1. The molecule has 0 saturated carbocycles. The maximum Gasteiger partial charge on any atom is 0.305 e. The predicted molar refractivity (Wildman–Crippen MR) is 81.5 cm³/mol. The largest absolute Gasteiger partial charge is 0.481 e. The third-order valence-corrected chi connectivity index (χ3v) is 2.63. The highest BCUT2D eigenvalue weighted by atomic mass is 16.5. The Hall–Kier alpha value is -1.85. The third kappa shape index (κ3) is 7.48. The second kappa shape index (κ2) is 7.24. The number of carbonyl (C=O) groups is 1. The smallest absolute Gasteiger partial charge is 0.305 e. The lowest BCUT2D eigenvalue weighted by atomic mass is 9.87. The van der Waals surface area contributed by atoms with Crippen LogP contribution in [0.2, 0.25) is 0 Å². The van der Waals surface area contributed by atoms with Gasteiger partial charge in [0.05, 0.1) is 12.5 Å². The quantitative estimate of drug-likeness (QED) is 0.804. The molecule has 1 unspecified atom stereocenters. The zero-order valence-corrected chi connectivity index (χ0v) is 13.4. The first-order valence-corrected chi connectivity index (χ1v) is 7.13. The zero-order valence-electron chi connectivity index (χ0n) is 13.4. The van der Waals surface area contributed by atoms with Crippen LogP contribution < -0.4 is 10.1 Å². The van der Waals surface area contributed by atoms with Crippen LogP contribution in [0.25, 0.3) is 0 Å². The Morgan fingerprint density at radius 3 is 2.57 bits per heavy atom. The van der Waals surface area contributed by atoms with Crippen molar-refractivity contribution in [1.29, 1.82) is 0 Å². The van der Waals surface area contributed by atoms with Crippen LogP contribution in [-0.2, 0) is 4.79 Å². The average molecular weight is 295 g/mol. The highest BCUT2D eigenvalue weighted by Gasteiger charge is 2.21. The minimum Gasteiger partial charge on any atom is -0.481 e. The van der Waals surface area contributed by atoms with Gasteiger partial charge in [-0.3, -0.25) is 4.79 Å². The van der Waals surface area contributed by atoms with Gasteiger partial charge in [0.25, 0.3) is 0 Å². The van der Waals surface area contributed by atoms with E-state index in [-0.39, 0.29) is 24.0 Å². The van der Waals surface area contributed by atoms with Gasteiger partial charge in [0, 0.05) is 12.1 Å². The number of aromatic nitrogens is 2. The molecule has 6 nitrogen and oxygen atoms in total. The van der Waals surface area contributed by atoms with E-state index in [2.05, 4.69) is 36.1 Å². The first-order chi connectivity index (χ1) is 9.65. The van der Waals surface area contributed by atoms with Gasteiger partial charge in [-0.05, 0) is 25.7 Å². The monoisotopic (exact) mass is 295 g/mol. The van der Waals surface area contributed by atoms with Crippen LogP contribution in [-0.4, -0.2) is 33.2 Å². The van der Waals surface area contributed by atoms with Crippen LogP contribution in [0.1, 0.15) is 47.5 Å². The number of carboxylic acids is 1. The van der Waals surface area contributed by atoms with Crippen LogP contribution in [0, 0.1) is 5.41 Å². The molecule has 0 aliphatic heterocycles. The normalized spacial score (nSPS) is 13.0. The molecule has 0 aromatic carbocycles. The third-order valence-electron chi connectivity index (χ3n) is 2.63. The van der Waals surface area contributed by atoms with Crippen molar-refractivity contribution in [2.24, 2.45) is 5.41 Å². The molecule has 0 spiro atoms. The number of rotatable bonds is 7. The van der Waals surface area contributed by atoms with Crippen LogP contribution in [0.4, 0.5) is 5.82 Å². The average Bonchev–Trinajstić information content (AvgIpc) is 2.24. The Morgan fingerprint density at radius 2 is 2.05 bits per heavy atom. The van der Waals surface area contributed by atoms with Gasteiger partial charge in [0.2, 0.25) is 5.88 Å². The first-order valence-electron chi connectivity index (χ1n) is 7.13. The Balaban J connectivity index is 2.80. The summed E-state index contributed by atoms with van der Waals surface area (Å²) in [6.45, 7) is 10.1. The van der Waals surface area contributed by atoms with Gasteiger partial charge in [-0.15, -0.1) is 0 Å². The highest BCUT2D eigenvalue weighted by Crippen LogP contribution is 2.24. The lowest BCUT2D eigenvalue weighted by molar-refractivity contribution is -0.137. The number of carboxylic acid groups (broad SMARTS) is 1. The molecule has 1 heterocycles. The van der Waals surface area contributed by atoms with Crippen molar-refractivity contribution in [3.05, 3.63) is 12.4 Å². The van der Waals surface area contributed by atoms with Gasteiger partial charge in [-0.2, -0.15) is 0 Å². The SMILES string of the molecule is CC(C)Oc1cc(NC(CC(=O)O)CC(C)(C)C)ncn1. The first kappa shape index (κ1) is 17.2. The van der Waals surface area contributed by atoms with E-state index in [0.717, 1.165) is 6.42 Å². The van der Waals surface area contributed by atoms with E-state index in [4.69, 9.17) is 9.84 Å². The van der Waals surface area contributed by atoms with E-state index in [9.17, 15) is 4.79 Å². The fourth-order valence-electron chi connectivity index (χ4n) is 2.06. The van der Waals surface area contributed by atoms with Crippen molar-refractivity contribution in [1.82, 2.24) is 9.97 Å². The van der Waals surface area contributed by atoms with Crippen LogP contribution in [0.3, 0.4) is 0 Å². The molecule has 0 bridgehead atoms. The summed E-state index contributed by atoms with van der Waals surface area (Å²) in [6, 6.07) is 1.50. The Kier molecular flexibility index (Phi) is 5.93. The second-order valence-electron chi connectivity index (χ2n) is 6.61. The minimum atomic E-state index is -0.829. The maximum atomic E-state index is 11.0. The number of nitrogens with zero attached hydrogens (tertiary/aromatic N) is 2. The van der Waals surface area contributed by atoms with Crippen LogP contribution in [0.15, 0.2) is 12.4 Å². The van der Waals surface area contributed by atoms with E-state index < -0.39 is 5.97 Å². The fraction of sp³-hybridized carbons (Fsp3) is 0.667. The summed E-state index contributed by atoms with van der Waals surface area (Å²) in [5.41, 5.74) is 0.0252. The number of hydrogen-bond acceptors (Lipinski definition) is 5. The number of hydrogen-bond donors (Lipinski definition) is 2. The van der Waals surface area contributed by atoms with Crippen molar-refractivity contribution < 1.29 is 14.6 Å². The van der Waals surface area contributed by atoms with Gasteiger partial charge >= 0.3 is 5.97 Å². The molecule has 0 saturated heterocycles. The predicted octanol–water partition coefficient (Wildman–Crippen LogP) is 2.96. The standard InChI is InChI=1S/C15H25N3O3/c1-10(2)21-13-7-12(16-9-17-13)18-11(6-14(19)20)8-15(3,4)5/h7,9-11H,6,8H2,1-5H3,(H,19,20)(H,16,17,18). The number of aliphatic carboxylic acids is 1. The van der Waals surface area contributed by atoms with Crippen LogP contribution >= 0.6 is 0 Å². The zero-order chi connectivity index (χ0) is 16.0. The van der Waals surface area contributed by atoms with Gasteiger partial charge < -0.3 is 15.2 Å². The topological polar surface area (TPSA) is 84.3 Å². The van der Waals surface area contributed by atoms with E-state index in [1.54, 1.807) is 6.07 Å². The lowest BCUT2D eigenvalue weighted by Crippen LogP contribution is -2.28. The molecule has 0 aliphatic rings. The van der Waals surface area contributed by atoms with E-state index >= 15 is 0 Å². The molecule has 1 aromatic rings. The van der Waals surface area contributed by atoms with Gasteiger partial charge in [-0.25, -0.2) is 9.97 Å². The summed E-state index contributed by atoms with van der Waals surface area (Å²) >= 11 is 0. The summed E-state index contributed by atoms with van der Waals surface area (Å²) in [7, 11) is 0. The molecule has 1 atom stereocenters. The molecule has 1 aromatic heterocycles. The molecule has 21 heavy (non-hydrogen) atoms. The highest BCUT2D eigenvalue weighted by molar-refractivity contribution is 5.68. The van der Waals surface area contributed by atoms with Crippen LogP contribution in [0.5, 0.6) is 5.88 Å². The number of anilines is 1. The molecule has 118 valence electrons. The summed E-state index contributed by atoms with van der Waals surface area (Å²) in [5, 5.41) is 12.2. The van der Waals surface area contributed by atoms with Gasteiger partial charge in [0.15, 0.2) is 0 Å². The molecular weight excluding hydrogens is 270 g/mol. The lowest BCUT2D eigenvalue weighted by Gasteiger charge is -2.26. The molecule has 0 fully saturated rings. The van der Waals surface area contributed by atoms with Crippen molar-refractivity contribution in [3.63, 3.8) is 0 Å². The Bertz CT molecular complexity index is 469. The molecule has 0 radical (unpaired) electrons. The second-order valence-corrected chi connectivity index (χ2v) is 6.61. The number of nitrogens with one attached hydrogen (secondary N) is 1. The molecular formula is C15H25N3O3. The van der Waals surface area contributed by atoms with Gasteiger partial charge in [0.1, 0.15) is 12.1 Å². The summed E-state index contributed by atoms with van der Waals surface area (Å²) < 4.78 is 5.51. The summed E-state index contributed by atoms with van der Waals surface area (Å²) in [5.74, 6) is 0.230. The molecule has 0 amide bonds. The maximum absolute atomic E-state index is 11.0. The van der Waals surface area contributed by atoms with Crippen molar-refractivity contribution in [2.45, 2.75) is 59.6 Å². The molecule has 0 aliphatic carbocycles. The van der Waals surface area contributed by atoms with E-state index in [1.807, 2.05) is 13.8 Å². The molecule has 1 rings (SSSR count). The summed E-state index contributed by atoms with van der Waals surface area (Å²) in [4.78, 5) is 19.2. The van der Waals surface area contributed by atoms with Crippen molar-refractivity contribution in [3.8, 4) is 5.88 Å². The molecule has 2 N–H and O–H groups in total. The Morgan fingerprint density at radius 1 is 1.38 bits per heavy atom.